The van der Waals surface area contributed by atoms with Gasteiger partial charge in [-0.15, -0.1) is 0 Å². The third-order valence-electron chi connectivity index (χ3n) is 4.18. The van der Waals surface area contributed by atoms with Crippen LogP contribution in [0.5, 0.6) is 5.75 Å². The molecule has 1 fully saturated rings. The highest BCUT2D eigenvalue weighted by Gasteiger charge is 2.52. The Morgan fingerprint density at radius 1 is 1.47 bits per heavy atom. The molecule has 1 N–H and O–H groups in total. The average molecular weight is 238 g/mol. The number of aryl methyl sites for hydroxylation is 1. The number of ether oxygens (including phenoxy) is 1. The van der Waals surface area contributed by atoms with Crippen molar-refractivity contribution < 1.29 is 9.84 Å². The lowest BCUT2D eigenvalue weighted by Gasteiger charge is -2.37. The standard InChI is InChI=1S/C13H22N2O2/c1-5-15-11(10(17-4)9-14-15)13(16)8-6-7-12(13,2)3/h9,16H,5-8H2,1-4H3. The maximum atomic E-state index is 11.1. The molecule has 4 heteroatoms. The van der Waals surface area contributed by atoms with E-state index >= 15 is 0 Å². The first-order valence-electron chi connectivity index (χ1n) is 6.29. The highest BCUT2D eigenvalue weighted by atomic mass is 16.5. The van der Waals surface area contributed by atoms with Gasteiger partial charge in [0.2, 0.25) is 0 Å². The summed E-state index contributed by atoms with van der Waals surface area (Å²) in [6.07, 6.45) is 4.55. The number of rotatable bonds is 3. The molecule has 0 aliphatic heterocycles. The van der Waals surface area contributed by atoms with Gasteiger partial charge in [0.15, 0.2) is 5.75 Å². The number of hydrogen-bond donors (Lipinski definition) is 1. The summed E-state index contributed by atoms with van der Waals surface area (Å²) in [6, 6.07) is 0. The van der Waals surface area contributed by atoms with Crippen molar-refractivity contribution >= 4 is 0 Å². The third kappa shape index (κ3) is 1.66. The largest absolute Gasteiger partial charge is 0.493 e. The summed E-state index contributed by atoms with van der Waals surface area (Å²) < 4.78 is 7.21. The highest BCUT2D eigenvalue weighted by Crippen LogP contribution is 2.54. The molecule has 96 valence electrons. The molecule has 4 nitrogen and oxygen atoms in total. The summed E-state index contributed by atoms with van der Waals surface area (Å²) in [5.74, 6) is 0.698. The monoisotopic (exact) mass is 238 g/mol. The summed E-state index contributed by atoms with van der Waals surface area (Å²) in [5.41, 5.74) is -0.122. The Morgan fingerprint density at radius 3 is 2.65 bits per heavy atom. The quantitative estimate of drug-likeness (QED) is 0.879. The Hall–Kier alpha value is -1.03. The van der Waals surface area contributed by atoms with Crippen molar-refractivity contribution in [3.63, 3.8) is 0 Å². The van der Waals surface area contributed by atoms with Gasteiger partial charge in [-0.25, -0.2) is 0 Å². The predicted molar refractivity (Wildman–Crippen MR) is 66.0 cm³/mol. The molecule has 0 saturated heterocycles. The van der Waals surface area contributed by atoms with Crippen LogP contribution < -0.4 is 4.74 Å². The van der Waals surface area contributed by atoms with E-state index in [0.717, 1.165) is 31.5 Å². The smallest absolute Gasteiger partial charge is 0.162 e. The van der Waals surface area contributed by atoms with E-state index < -0.39 is 5.60 Å². The molecule has 1 heterocycles. The van der Waals surface area contributed by atoms with Crippen LogP contribution in [0.15, 0.2) is 6.20 Å². The van der Waals surface area contributed by atoms with Crippen LogP contribution >= 0.6 is 0 Å². The Kier molecular flexibility index (Phi) is 2.94. The lowest BCUT2D eigenvalue weighted by molar-refractivity contribution is -0.0571. The van der Waals surface area contributed by atoms with Crippen molar-refractivity contribution in [3.8, 4) is 5.75 Å². The van der Waals surface area contributed by atoms with Crippen molar-refractivity contribution in [1.82, 2.24) is 9.78 Å². The Bertz CT molecular complexity index is 390. The molecule has 1 saturated carbocycles. The molecule has 17 heavy (non-hydrogen) atoms. The van der Waals surface area contributed by atoms with Gasteiger partial charge in [0.05, 0.1) is 13.3 Å². The lowest BCUT2D eigenvalue weighted by atomic mass is 9.75. The van der Waals surface area contributed by atoms with Crippen LogP contribution in [0.2, 0.25) is 0 Å². The zero-order valence-corrected chi connectivity index (χ0v) is 11.2. The first-order valence-corrected chi connectivity index (χ1v) is 6.29. The van der Waals surface area contributed by atoms with Gasteiger partial charge in [-0.2, -0.15) is 5.10 Å². The molecule has 1 aromatic heterocycles. The second-order valence-corrected chi connectivity index (χ2v) is 5.48. The molecule has 1 unspecified atom stereocenters. The number of aliphatic hydroxyl groups is 1. The predicted octanol–water partition coefficient (Wildman–Crippen LogP) is 2.31. The molecule has 1 aliphatic rings. The summed E-state index contributed by atoms with van der Waals surface area (Å²) in [6.45, 7) is 7.01. The van der Waals surface area contributed by atoms with E-state index in [1.54, 1.807) is 13.3 Å². The van der Waals surface area contributed by atoms with Gasteiger partial charge >= 0.3 is 0 Å². The van der Waals surface area contributed by atoms with Crippen LogP contribution in [0.4, 0.5) is 0 Å². The first kappa shape index (κ1) is 12.4. The fraction of sp³-hybridized carbons (Fsp3) is 0.769. The van der Waals surface area contributed by atoms with Crippen LogP contribution in [-0.4, -0.2) is 22.0 Å². The van der Waals surface area contributed by atoms with Crippen LogP contribution in [0.1, 0.15) is 45.7 Å². The molecule has 2 rings (SSSR count). The van der Waals surface area contributed by atoms with Gasteiger partial charge < -0.3 is 9.84 Å². The molecule has 0 amide bonds. The average Bonchev–Trinajstić information content (AvgIpc) is 2.81. The number of nitrogens with zero attached hydrogens (tertiary/aromatic N) is 2. The van der Waals surface area contributed by atoms with E-state index in [1.165, 1.54) is 0 Å². The van der Waals surface area contributed by atoms with Gasteiger partial charge in [0.25, 0.3) is 0 Å². The van der Waals surface area contributed by atoms with Crippen LogP contribution in [0.3, 0.4) is 0 Å². The first-order chi connectivity index (χ1) is 7.96. The minimum Gasteiger partial charge on any atom is -0.493 e. The van der Waals surface area contributed by atoms with E-state index in [9.17, 15) is 5.11 Å². The number of methoxy groups -OCH3 is 1. The second kappa shape index (κ2) is 4.02. The van der Waals surface area contributed by atoms with Crippen molar-refractivity contribution in [2.75, 3.05) is 7.11 Å². The van der Waals surface area contributed by atoms with Gasteiger partial charge in [-0.3, -0.25) is 4.68 Å². The Morgan fingerprint density at radius 2 is 2.18 bits per heavy atom. The summed E-state index contributed by atoms with van der Waals surface area (Å²) >= 11 is 0. The fourth-order valence-electron chi connectivity index (χ4n) is 2.94. The molecular formula is C13H22N2O2. The zero-order chi connectivity index (χ0) is 12.7. The van der Waals surface area contributed by atoms with Crippen molar-refractivity contribution in [2.24, 2.45) is 5.41 Å². The minimum absolute atomic E-state index is 0.132. The summed E-state index contributed by atoms with van der Waals surface area (Å²) in [4.78, 5) is 0. The fourth-order valence-corrected chi connectivity index (χ4v) is 2.94. The van der Waals surface area contributed by atoms with Gasteiger partial charge in [0.1, 0.15) is 11.3 Å². The SMILES string of the molecule is CCn1ncc(OC)c1C1(O)CCCC1(C)C. The molecule has 0 bridgehead atoms. The van der Waals surface area contributed by atoms with Crippen molar-refractivity contribution in [1.29, 1.82) is 0 Å². The van der Waals surface area contributed by atoms with Gasteiger partial charge in [-0.05, 0) is 31.6 Å². The van der Waals surface area contributed by atoms with E-state index in [4.69, 9.17) is 4.74 Å². The number of hydrogen-bond acceptors (Lipinski definition) is 3. The molecule has 0 spiro atoms. The van der Waals surface area contributed by atoms with E-state index in [2.05, 4.69) is 18.9 Å². The van der Waals surface area contributed by atoms with Crippen molar-refractivity contribution in [3.05, 3.63) is 11.9 Å². The molecule has 0 aromatic carbocycles. The van der Waals surface area contributed by atoms with Gasteiger partial charge in [0, 0.05) is 6.54 Å². The second-order valence-electron chi connectivity index (χ2n) is 5.48. The molecule has 0 radical (unpaired) electrons. The molecule has 1 aromatic rings. The topological polar surface area (TPSA) is 47.3 Å². The zero-order valence-electron chi connectivity index (χ0n) is 11.2. The summed E-state index contributed by atoms with van der Waals surface area (Å²) in [5, 5.41) is 15.4. The lowest BCUT2D eigenvalue weighted by Crippen LogP contribution is -2.39. The van der Waals surface area contributed by atoms with Crippen LogP contribution in [0, 0.1) is 5.41 Å². The van der Waals surface area contributed by atoms with E-state index in [-0.39, 0.29) is 5.41 Å². The third-order valence-corrected chi connectivity index (χ3v) is 4.18. The molecule has 1 aliphatic carbocycles. The number of aromatic nitrogens is 2. The van der Waals surface area contributed by atoms with Gasteiger partial charge in [-0.1, -0.05) is 13.8 Å². The molecular weight excluding hydrogens is 216 g/mol. The maximum absolute atomic E-state index is 11.1. The van der Waals surface area contributed by atoms with E-state index in [1.807, 2.05) is 11.6 Å². The van der Waals surface area contributed by atoms with Crippen LogP contribution in [-0.2, 0) is 12.1 Å². The Labute approximate surface area is 103 Å². The van der Waals surface area contributed by atoms with Crippen LogP contribution in [0.25, 0.3) is 0 Å². The normalized spacial score (nSPS) is 27.4. The summed E-state index contributed by atoms with van der Waals surface area (Å²) in [7, 11) is 1.63. The Balaban J connectivity index is 2.55. The van der Waals surface area contributed by atoms with E-state index in [0.29, 0.717) is 5.75 Å². The minimum atomic E-state index is -0.829. The highest BCUT2D eigenvalue weighted by molar-refractivity contribution is 5.33. The van der Waals surface area contributed by atoms with Crippen molar-refractivity contribution in [2.45, 2.75) is 52.2 Å². The maximum Gasteiger partial charge on any atom is 0.162 e. The molecule has 1 atom stereocenters.